The third kappa shape index (κ3) is 6.73. The van der Waals surface area contributed by atoms with Crippen molar-refractivity contribution in [2.24, 2.45) is 0 Å². The molecule has 77 heavy (non-hydrogen) atoms. The summed E-state index contributed by atoms with van der Waals surface area (Å²) in [5.41, 5.74) is 14.6. The highest BCUT2D eigenvalue weighted by Crippen LogP contribution is 2.45. The molecule has 15 rings (SSSR count). The molecule has 15 aromatic rings. The monoisotopic (exact) mass is 997 g/mol. The van der Waals surface area contributed by atoms with Crippen LogP contribution < -0.4 is 0 Å². The zero-order chi connectivity index (χ0) is 51.7. The molecule has 4 heterocycles. The molecule has 0 amide bonds. The van der Waals surface area contributed by atoms with E-state index in [0.717, 1.165) is 88.4 Å². The molecule has 0 saturated carbocycles. The summed E-state index contributed by atoms with van der Waals surface area (Å²) in [5.74, 6) is 0. The van der Waals surface area contributed by atoms with Crippen molar-refractivity contribution in [3.05, 3.63) is 259 Å². The van der Waals surface area contributed by atoms with E-state index in [1.54, 1.807) is 13.0 Å². The van der Waals surface area contributed by atoms with Gasteiger partial charge >= 0.3 is 6.18 Å². The number of halogens is 3. The molecule has 0 N–H and O–H groups in total. The van der Waals surface area contributed by atoms with E-state index in [-0.39, 0.29) is 0 Å². The highest BCUT2D eigenvalue weighted by atomic mass is 19.4. The minimum Gasteiger partial charge on any atom is -0.309 e. The lowest BCUT2D eigenvalue weighted by molar-refractivity contribution is -0.137. The number of hydrogen-bond donors (Lipinski definition) is 0. The minimum absolute atomic E-state index is 0.413. The Morgan fingerprint density at radius 1 is 0.338 bits per heavy atom. The van der Waals surface area contributed by atoms with E-state index in [9.17, 15) is 13.2 Å². The first-order valence-electron chi connectivity index (χ1n) is 25.6. The molecule has 5 nitrogen and oxygen atoms in total. The molecular formula is C69H42F3N5. The summed E-state index contributed by atoms with van der Waals surface area (Å²) in [6.45, 7) is 10.4. The lowest BCUT2D eigenvalue weighted by Crippen LogP contribution is -2.05. The average Bonchev–Trinajstić information content (AvgIpc) is 4.35. The minimum atomic E-state index is -4.54. The summed E-state index contributed by atoms with van der Waals surface area (Å²) in [7, 11) is 0. The largest absolute Gasteiger partial charge is 0.416 e. The Morgan fingerprint density at radius 3 is 1.18 bits per heavy atom. The second-order valence-corrected chi connectivity index (χ2v) is 20.0. The van der Waals surface area contributed by atoms with Gasteiger partial charge in [0.05, 0.1) is 62.0 Å². The molecule has 0 aliphatic rings. The van der Waals surface area contributed by atoms with E-state index in [4.69, 9.17) is 6.57 Å². The summed E-state index contributed by atoms with van der Waals surface area (Å²) < 4.78 is 52.7. The van der Waals surface area contributed by atoms with Gasteiger partial charge < -0.3 is 18.3 Å². The fourth-order valence-electron chi connectivity index (χ4n) is 12.4. The molecule has 0 spiro atoms. The van der Waals surface area contributed by atoms with E-state index in [2.05, 4.69) is 199 Å². The van der Waals surface area contributed by atoms with Gasteiger partial charge in [0.15, 0.2) is 5.69 Å². The molecule has 364 valence electrons. The SMILES string of the molecule is [C-]#[N+]c1ccc(-n2c3ccccc3c3cc(-n4c5ccccc5c5ccccc54)ccc32)cc1-c1cc(-c2cc(C)cc(C(F)(F)F)c2)ccc1-n1c2ccccc2c2cc(-n3c4ccccc4c4ccccc43)ccc21. The third-order valence-electron chi connectivity index (χ3n) is 15.6. The smallest absolute Gasteiger partial charge is 0.309 e. The van der Waals surface area contributed by atoms with Crippen LogP contribution in [0.5, 0.6) is 0 Å². The van der Waals surface area contributed by atoms with Crippen LogP contribution in [0.4, 0.5) is 18.9 Å². The molecule has 0 saturated heterocycles. The van der Waals surface area contributed by atoms with E-state index in [0.29, 0.717) is 33.5 Å². The number of fused-ring (bicyclic) bond motifs is 12. The second kappa shape index (κ2) is 16.7. The molecule has 0 aliphatic carbocycles. The van der Waals surface area contributed by atoms with Gasteiger partial charge in [-0.3, -0.25) is 0 Å². The maximum atomic E-state index is 14.5. The first kappa shape index (κ1) is 44.4. The van der Waals surface area contributed by atoms with Crippen molar-refractivity contribution in [1.82, 2.24) is 18.3 Å². The molecule has 4 aromatic heterocycles. The van der Waals surface area contributed by atoms with Crippen molar-refractivity contribution in [2.75, 3.05) is 0 Å². The van der Waals surface area contributed by atoms with E-state index < -0.39 is 11.7 Å². The Bertz CT molecular complexity index is 4910. The Balaban J connectivity index is 0.969. The van der Waals surface area contributed by atoms with Gasteiger partial charge in [0.2, 0.25) is 0 Å². The highest BCUT2D eigenvalue weighted by molar-refractivity contribution is 6.14. The van der Waals surface area contributed by atoms with Crippen LogP contribution in [0, 0.1) is 13.5 Å². The van der Waals surface area contributed by atoms with E-state index in [1.165, 1.54) is 33.7 Å². The Morgan fingerprint density at radius 2 is 0.727 bits per heavy atom. The summed E-state index contributed by atoms with van der Waals surface area (Å²) in [4.78, 5) is 4.16. The van der Waals surface area contributed by atoms with E-state index >= 15 is 0 Å². The third-order valence-corrected chi connectivity index (χ3v) is 15.6. The maximum Gasteiger partial charge on any atom is 0.416 e. The van der Waals surface area contributed by atoms with Gasteiger partial charge in [0, 0.05) is 60.2 Å². The van der Waals surface area contributed by atoms with Crippen molar-refractivity contribution in [1.29, 1.82) is 0 Å². The number of aryl methyl sites for hydroxylation is 1. The number of aromatic nitrogens is 4. The molecule has 0 radical (unpaired) electrons. The highest BCUT2D eigenvalue weighted by Gasteiger charge is 2.31. The van der Waals surface area contributed by atoms with Crippen LogP contribution in [0.2, 0.25) is 0 Å². The molecule has 0 aliphatic heterocycles. The van der Waals surface area contributed by atoms with Gasteiger partial charge in [0.1, 0.15) is 0 Å². The maximum absolute atomic E-state index is 14.5. The Labute approximate surface area is 439 Å². The molecule has 0 unspecified atom stereocenters. The zero-order valence-electron chi connectivity index (χ0n) is 41.4. The van der Waals surface area contributed by atoms with Crippen LogP contribution in [-0.2, 0) is 6.18 Å². The fraction of sp³-hybridized carbons (Fsp3) is 0.0290. The predicted molar refractivity (Wildman–Crippen MR) is 311 cm³/mol. The second-order valence-electron chi connectivity index (χ2n) is 20.0. The summed E-state index contributed by atoms with van der Waals surface area (Å²) in [6, 6.07) is 80.0. The van der Waals surface area contributed by atoms with Gasteiger partial charge in [-0.25, -0.2) is 4.85 Å². The fourth-order valence-corrected chi connectivity index (χ4v) is 12.4. The first-order valence-corrected chi connectivity index (χ1v) is 25.6. The number of para-hydroxylation sites is 6. The van der Waals surface area contributed by atoms with Gasteiger partial charge in [-0.15, -0.1) is 0 Å². The lowest BCUT2D eigenvalue weighted by atomic mass is 9.94. The van der Waals surface area contributed by atoms with Crippen LogP contribution in [0.15, 0.2) is 237 Å². The van der Waals surface area contributed by atoms with Crippen LogP contribution in [0.25, 0.3) is 137 Å². The molecule has 0 bridgehead atoms. The van der Waals surface area contributed by atoms with Crippen LogP contribution in [-0.4, -0.2) is 18.3 Å². The zero-order valence-corrected chi connectivity index (χ0v) is 41.4. The molecule has 11 aromatic carbocycles. The van der Waals surface area contributed by atoms with Crippen molar-refractivity contribution < 1.29 is 13.2 Å². The molecule has 0 fully saturated rings. The van der Waals surface area contributed by atoms with Gasteiger partial charge in [-0.1, -0.05) is 127 Å². The number of alkyl halides is 3. The number of nitrogens with zero attached hydrogens (tertiary/aromatic N) is 5. The predicted octanol–water partition coefficient (Wildman–Crippen LogP) is 19.3. The molecule has 0 atom stereocenters. The van der Waals surface area contributed by atoms with Crippen molar-refractivity contribution in [3.63, 3.8) is 0 Å². The van der Waals surface area contributed by atoms with Crippen molar-refractivity contribution in [3.8, 4) is 45.0 Å². The van der Waals surface area contributed by atoms with Crippen molar-refractivity contribution in [2.45, 2.75) is 13.1 Å². The summed E-state index contributed by atoms with van der Waals surface area (Å²) >= 11 is 0. The average molecular weight is 998 g/mol. The number of hydrogen-bond acceptors (Lipinski definition) is 0. The van der Waals surface area contributed by atoms with Crippen molar-refractivity contribution >= 4 is 92.9 Å². The Kier molecular flexibility index (Phi) is 9.63. The van der Waals surface area contributed by atoms with E-state index in [1.807, 2.05) is 42.5 Å². The molecular weight excluding hydrogens is 956 g/mol. The van der Waals surface area contributed by atoms with Crippen LogP contribution >= 0.6 is 0 Å². The van der Waals surface area contributed by atoms with Crippen LogP contribution in [0.3, 0.4) is 0 Å². The first-order chi connectivity index (χ1) is 37.7. The lowest BCUT2D eigenvalue weighted by Gasteiger charge is -2.19. The molecule has 8 heteroatoms. The summed E-state index contributed by atoms with van der Waals surface area (Å²) in [5, 5.41) is 8.96. The number of benzene rings is 11. The Hall–Kier alpha value is -10.1. The van der Waals surface area contributed by atoms with Crippen LogP contribution in [0.1, 0.15) is 11.1 Å². The van der Waals surface area contributed by atoms with Gasteiger partial charge in [-0.05, 0) is 144 Å². The number of rotatable bonds is 6. The standard InChI is InChI=1S/C69H42F3N5/c1-42-35-44(37-45(36-42)69(70,71)72)43-27-32-67(77-65-26-14-8-20-54(65)58-41-48(30-34-68(58)77)75-62-23-11-5-17-51(62)52-18-6-12-24-63(52)75)56(38-43)55-39-46(28-31-59(55)73-2)76-64-25-13-7-19-53(64)57-40-47(29-33-66(57)76)74-60-21-9-3-15-49(60)50-16-4-10-22-61(50)74/h3-41H,1H3. The summed E-state index contributed by atoms with van der Waals surface area (Å²) in [6.07, 6.45) is -4.54. The van der Waals surface area contributed by atoms with Gasteiger partial charge in [0.25, 0.3) is 0 Å². The topological polar surface area (TPSA) is 24.1 Å². The van der Waals surface area contributed by atoms with Gasteiger partial charge in [-0.2, -0.15) is 13.2 Å². The quantitative estimate of drug-likeness (QED) is 0.148. The normalized spacial score (nSPS) is 12.1.